The average Bonchev–Trinajstić information content (AvgIpc) is 2.42. The molecule has 0 unspecified atom stereocenters. The van der Waals surface area contributed by atoms with E-state index in [0.717, 1.165) is 6.26 Å². The van der Waals surface area contributed by atoms with E-state index < -0.39 is 27.8 Å². The molecular formula is C13H18N2O5S. The molecule has 0 aliphatic heterocycles. The molecule has 0 aliphatic carbocycles. The Balaban J connectivity index is 2.78. The zero-order valence-electron chi connectivity index (χ0n) is 11.8. The highest BCUT2D eigenvalue weighted by Crippen LogP contribution is 2.07. The van der Waals surface area contributed by atoms with Gasteiger partial charge in [-0.1, -0.05) is 0 Å². The molecule has 0 aliphatic rings. The van der Waals surface area contributed by atoms with Crippen molar-refractivity contribution in [3.63, 3.8) is 0 Å². The maximum atomic E-state index is 12.0. The molecule has 1 aromatic carbocycles. The first kappa shape index (κ1) is 17.0. The molecule has 1 rings (SSSR count). The smallest absolute Gasteiger partial charge is 0.328 e. The number of benzene rings is 1. The van der Waals surface area contributed by atoms with Gasteiger partial charge >= 0.3 is 5.97 Å². The second-order valence-electron chi connectivity index (χ2n) is 4.59. The van der Waals surface area contributed by atoms with Crippen molar-refractivity contribution in [3.05, 3.63) is 29.8 Å². The Bertz CT molecular complexity index is 610. The minimum absolute atomic E-state index is 0.0494. The van der Waals surface area contributed by atoms with Crippen LogP contribution in [0.3, 0.4) is 0 Å². The largest absolute Gasteiger partial charge is 0.467 e. The number of ether oxygens (including phenoxy) is 1. The molecule has 7 nitrogen and oxygen atoms in total. The summed E-state index contributed by atoms with van der Waals surface area (Å²) in [5, 5.41) is 2.46. The van der Waals surface area contributed by atoms with E-state index >= 15 is 0 Å². The van der Waals surface area contributed by atoms with Crippen molar-refractivity contribution in [3.8, 4) is 0 Å². The number of hydrogen-bond acceptors (Lipinski definition) is 6. The summed E-state index contributed by atoms with van der Waals surface area (Å²) in [6.45, 7) is 0. The first-order valence-corrected chi connectivity index (χ1v) is 8.21. The summed E-state index contributed by atoms with van der Waals surface area (Å²) in [5.74, 6) is -1.42. The van der Waals surface area contributed by atoms with Crippen LogP contribution >= 0.6 is 0 Å². The average molecular weight is 314 g/mol. The zero-order valence-corrected chi connectivity index (χ0v) is 12.6. The van der Waals surface area contributed by atoms with Crippen molar-refractivity contribution in [1.29, 1.82) is 0 Å². The number of anilines is 1. The van der Waals surface area contributed by atoms with Gasteiger partial charge < -0.3 is 15.8 Å². The Hall–Kier alpha value is -2.09. The molecule has 3 N–H and O–H groups in total. The number of carbonyl (C=O) groups is 2. The van der Waals surface area contributed by atoms with Gasteiger partial charge in [-0.3, -0.25) is 4.79 Å². The molecule has 8 heteroatoms. The third-order valence-electron chi connectivity index (χ3n) is 2.74. The van der Waals surface area contributed by atoms with Gasteiger partial charge in [-0.2, -0.15) is 0 Å². The summed E-state index contributed by atoms with van der Waals surface area (Å²) in [6.07, 6.45) is 1.01. The van der Waals surface area contributed by atoms with Crippen LogP contribution in [0.15, 0.2) is 24.3 Å². The van der Waals surface area contributed by atoms with Gasteiger partial charge in [0.2, 0.25) is 0 Å². The highest BCUT2D eigenvalue weighted by Gasteiger charge is 2.23. The highest BCUT2D eigenvalue weighted by atomic mass is 32.2. The molecule has 0 saturated heterocycles. The van der Waals surface area contributed by atoms with Gasteiger partial charge in [-0.25, -0.2) is 13.2 Å². The molecule has 1 amide bonds. The molecule has 0 radical (unpaired) electrons. The van der Waals surface area contributed by atoms with E-state index in [1.807, 2.05) is 0 Å². The van der Waals surface area contributed by atoms with E-state index in [9.17, 15) is 18.0 Å². The third kappa shape index (κ3) is 5.82. The van der Waals surface area contributed by atoms with Gasteiger partial charge in [0.05, 0.1) is 12.9 Å². The van der Waals surface area contributed by atoms with Crippen LogP contribution in [-0.4, -0.2) is 45.5 Å². The standard InChI is InChI=1S/C13H18N2O5S/c1-20-13(17)11(7-8-21(2,18)19)15-12(16)9-3-5-10(14)6-4-9/h3-6,11H,7-8,14H2,1-2H3,(H,15,16)/t11-/m0/s1. The summed E-state index contributed by atoms with van der Waals surface area (Å²) in [7, 11) is -2.07. The molecule has 0 heterocycles. The summed E-state index contributed by atoms with van der Waals surface area (Å²) < 4.78 is 26.9. The molecule has 1 atom stereocenters. The van der Waals surface area contributed by atoms with Crippen molar-refractivity contribution in [2.45, 2.75) is 12.5 Å². The Morgan fingerprint density at radius 1 is 1.29 bits per heavy atom. The van der Waals surface area contributed by atoms with Crippen LogP contribution in [0.25, 0.3) is 0 Å². The van der Waals surface area contributed by atoms with E-state index in [0.29, 0.717) is 11.3 Å². The van der Waals surface area contributed by atoms with Gasteiger partial charge in [0, 0.05) is 17.5 Å². The van der Waals surface area contributed by atoms with E-state index in [-0.39, 0.29) is 12.2 Å². The van der Waals surface area contributed by atoms with Crippen molar-refractivity contribution >= 4 is 27.4 Å². The fourth-order valence-electron chi connectivity index (χ4n) is 1.60. The van der Waals surface area contributed by atoms with E-state index in [4.69, 9.17) is 5.73 Å². The molecule has 0 bridgehead atoms. The second kappa shape index (κ2) is 7.07. The maximum absolute atomic E-state index is 12.0. The lowest BCUT2D eigenvalue weighted by Crippen LogP contribution is -2.42. The normalized spacial score (nSPS) is 12.5. The van der Waals surface area contributed by atoms with Crippen molar-refractivity contribution in [2.75, 3.05) is 24.9 Å². The van der Waals surface area contributed by atoms with Crippen molar-refractivity contribution in [1.82, 2.24) is 5.32 Å². The number of sulfone groups is 1. The molecule has 0 fully saturated rings. The van der Waals surface area contributed by atoms with Gasteiger partial charge in [0.15, 0.2) is 0 Å². The number of nitrogens with one attached hydrogen (secondary N) is 1. The third-order valence-corrected chi connectivity index (χ3v) is 3.72. The highest BCUT2D eigenvalue weighted by molar-refractivity contribution is 7.90. The first-order valence-electron chi connectivity index (χ1n) is 6.15. The lowest BCUT2D eigenvalue weighted by atomic mass is 10.1. The van der Waals surface area contributed by atoms with Crippen LogP contribution < -0.4 is 11.1 Å². The van der Waals surface area contributed by atoms with Crippen LogP contribution in [0, 0.1) is 0 Å². The Morgan fingerprint density at radius 3 is 2.33 bits per heavy atom. The van der Waals surface area contributed by atoms with E-state index in [1.54, 1.807) is 12.1 Å². The predicted molar refractivity (Wildman–Crippen MR) is 78.5 cm³/mol. The van der Waals surface area contributed by atoms with Crippen LogP contribution in [-0.2, 0) is 19.4 Å². The lowest BCUT2D eigenvalue weighted by molar-refractivity contribution is -0.142. The van der Waals surface area contributed by atoms with Gasteiger partial charge in [-0.15, -0.1) is 0 Å². The van der Waals surface area contributed by atoms with Crippen LogP contribution in [0.5, 0.6) is 0 Å². The van der Waals surface area contributed by atoms with Crippen molar-refractivity contribution < 1.29 is 22.7 Å². The maximum Gasteiger partial charge on any atom is 0.328 e. The molecule has 116 valence electrons. The number of esters is 1. The number of methoxy groups -OCH3 is 1. The first-order chi connectivity index (χ1) is 9.73. The number of carbonyl (C=O) groups excluding carboxylic acids is 2. The molecule has 0 saturated carbocycles. The summed E-state index contributed by atoms with van der Waals surface area (Å²) in [5.41, 5.74) is 6.35. The number of nitrogens with two attached hydrogens (primary N) is 1. The molecule has 0 aromatic heterocycles. The second-order valence-corrected chi connectivity index (χ2v) is 6.85. The predicted octanol–water partition coefficient (Wildman–Crippen LogP) is -0.0251. The summed E-state index contributed by atoms with van der Waals surface area (Å²) >= 11 is 0. The summed E-state index contributed by atoms with van der Waals surface area (Å²) in [4.78, 5) is 23.6. The Labute approximate surface area is 123 Å². The fourth-order valence-corrected chi connectivity index (χ4v) is 2.26. The fraction of sp³-hybridized carbons (Fsp3) is 0.385. The minimum Gasteiger partial charge on any atom is -0.467 e. The van der Waals surface area contributed by atoms with Crippen LogP contribution in [0.1, 0.15) is 16.8 Å². The number of hydrogen-bond donors (Lipinski definition) is 2. The number of rotatable bonds is 6. The van der Waals surface area contributed by atoms with Crippen LogP contribution in [0.4, 0.5) is 5.69 Å². The number of nitrogen functional groups attached to an aromatic ring is 1. The topological polar surface area (TPSA) is 116 Å². The van der Waals surface area contributed by atoms with Gasteiger partial charge in [0.1, 0.15) is 15.9 Å². The molecular weight excluding hydrogens is 296 g/mol. The Morgan fingerprint density at radius 2 is 1.86 bits per heavy atom. The van der Waals surface area contributed by atoms with Gasteiger partial charge in [-0.05, 0) is 30.7 Å². The molecule has 1 aromatic rings. The molecule has 0 spiro atoms. The van der Waals surface area contributed by atoms with E-state index in [2.05, 4.69) is 10.1 Å². The lowest BCUT2D eigenvalue weighted by Gasteiger charge is -2.16. The van der Waals surface area contributed by atoms with Crippen molar-refractivity contribution in [2.24, 2.45) is 0 Å². The van der Waals surface area contributed by atoms with E-state index in [1.165, 1.54) is 19.2 Å². The summed E-state index contributed by atoms with van der Waals surface area (Å²) in [6, 6.07) is 5.11. The SMILES string of the molecule is COC(=O)[C@H](CCS(C)(=O)=O)NC(=O)c1ccc(N)cc1. The molecule has 21 heavy (non-hydrogen) atoms. The quantitative estimate of drug-likeness (QED) is 0.563. The zero-order chi connectivity index (χ0) is 16.0. The minimum atomic E-state index is -3.24. The number of amides is 1. The monoisotopic (exact) mass is 314 g/mol. The van der Waals surface area contributed by atoms with Crippen LogP contribution in [0.2, 0.25) is 0 Å². The Kier molecular flexibility index (Phi) is 5.71. The van der Waals surface area contributed by atoms with Gasteiger partial charge in [0.25, 0.3) is 5.91 Å².